The molecule has 96 valence electrons. The molecule has 0 aromatic carbocycles. The predicted molar refractivity (Wildman–Crippen MR) is 76.8 cm³/mol. The minimum Gasteiger partial charge on any atom is -0.310 e. The molecule has 1 nitrogen and oxygen atoms in total. The Morgan fingerprint density at radius 1 is 1.19 bits per heavy atom. The lowest BCUT2D eigenvalue weighted by atomic mass is 9.99. The molecule has 0 bridgehead atoms. The van der Waals surface area contributed by atoms with Crippen LogP contribution in [0, 0.1) is 5.92 Å². The van der Waals surface area contributed by atoms with Crippen LogP contribution in [-0.2, 0) is 0 Å². The van der Waals surface area contributed by atoms with Crippen molar-refractivity contribution >= 4 is 0 Å². The van der Waals surface area contributed by atoms with Crippen molar-refractivity contribution < 1.29 is 0 Å². The van der Waals surface area contributed by atoms with Gasteiger partial charge in [-0.2, -0.15) is 0 Å². The van der Waals surface area contributed by atoms with Gasteiger partial charge in [0.2, 0.25) is 0 Å². The first-order chi connectivity index (χ1) is 7.86. The number of unbranched alkanes of at least 4 members (excludes halogenated alkanes) is 1. The van der Waals surface area contributed by atoms with Crippen LogP contribution >= 0.6 is 0 Å². The van der Waals surface area contributed by atoms with Crippen molar-refractivity contribution in [2.24, 2.45) is 5.92 Å². The normalized spacial score (nSPS) is 22.2. The van der Waals surface area contributed by atoms with Crippen LogP contribution in [0.25, 0.3) is 0 Å². The van der Waals surface area contributed by atoms with Crippen molar-refractivity contribution in [3.05, 3.63) is 25.3 Å². The number of hydrogen-bond donors (Lipinski definition) is 1. The first-order valence-electron chi connectivity index (χ1n) is 6.83. The van der Waals surface area contributed by atoms with E-state index in [1.54, 1.807) is 0 Å². The largest absolute Gasteiger partial charge is 0.310 e. The van der Waals surface area contributed by atoms with Gasteiger partial charge in [-0.25, -0.2) is 0 Å². The van der Waals surface area contributed by atoms with E-state index in [4.69, 9.17) is 0 Å². The smallest absolute Gasteiger partial charge is 0.0250 e. The maximum Gasteiger partial charge on any atom is 0.0250 e. The molecular weight excluding hydrogens is 194 g/mol. The Bertz CT molecular complexity index is 152. The molecule has 1 fully saturated rings. The summed E-state index contributed by atoms with van der Waals surface area (Å²) >= 11 is 0. The van der Waals surface area contributed by atoms with Crippen molar-refractivity contribution in [3.8, 4) is 0 Å². The van der Waals surface area contributed by atoms with Gasteiger partial charge < -0.3 is 5.32 Å². The molecule has 1 saturated heterocycles. The Morgan fingerprint density at radius 3 is 2.25 bits per heavy atom. The van der Waals surface area contributed by atoms with Crippen LogP contribution in [0.2, 0.25) is 0 Å². The molecule has 1 heteroatoms. The Morgan fingerprint density at radius 2 is 1.81 bits per heavy atom. The van der Waals surface area contributed by atoms with Crippen LogP contribution in [0.1, 0.15) is 53.4 Å². The molecule has 1 aliphatic heterocycles. The molecule has 0 aliphatic carbocycles. The third-order valence-corrected chi connectivity index (χ3v) is 2.56. The van der Waals surface area contributed by atoms with E-state index in [1.165, 1.54) is 25.8 Å². The van der Waals surface area contributed by atoms with Gasteiger partial charge in [-0.05, 0) is 38.1 Å². The summed E-state index contributed by atoms with van der Waals surface area (Å²) in [6.07, 6.45) is 9.10. The highest BCUT2D eigenvalue weighted by Gasteiger charge is 2.20. The van der Waals surface area contributed by atoms with Gasteiger partial charge in [0.15, 0.2) is 0 Å². The molecule has 1 rings (SSSR count). The summed E-state index contributed by atoms with van der Waals surface area (Å²) in [5.74, 6) is 0.868. The molecule has 1 heterocycles. The fraction of sp³-hybridized carbons (Fsp3) is 0.733. The summed E-state index contributed by atoms with van der Waals surface area (Å²) in [6, 6.07) is 0.568. The molecule has 0 aromatic heterocycles. The van der Waals surface area contributed by atoms with Crippen LogP contribution in [-0.4, -0.2) is 12.6 Å². The lowest BCUT2D eigenvalue weighted by Gasteiger charge is -2.05. The zero-order chi connectivity index (χ0) is 12.8. The average Bonchev–Trinajstić information content (AvgIpc) is 2.83. The highest BCUT2D eigenvalue weighted by molar-refractivity contribution is 4.93. The lowest BCUT2D eigenvalue weighted by molar-refractivity contribution is 0.508. The predicted octanol–water partition coefficient (Wildman–Crippen LogP) is 4.56. The van der Waals surface area contributed by atoms with Crippen molar-refractivity contribution in [3.63, 3.8) is 0 Å². The number of nitrogens with one attached hydrogen (secondary N) is 1. The van der Waals surface area contributed by atoms with Crippen LogP contribution in [0.3, 0.4) is 0 Å². The van der Waals surface area contributed by atoms with Gasteiger partial charge in [0.05, 0.1) is 0 Å². The van der Waals surface area contributed by atoms with E-state index in [0.717, 1.165) is 12.3 Å². The SMILES string of the molecule is C=CCCCC1CNC(C=C)C1.CC.CC. The van der Waals surface area contributed by atoms with Gasteiger partial charge in [-0.3, -0.25) is 0 Å². The molecular formula is C15H31N. The van der Waals surface area contributed by atoms with Gasteiger partial charge >= 0.3 is 0 Å². The van der Waals surface area contributed by atoms with Gasteiger partial charge in [-0.1, -0.05) is 39.8 Å². The van der Waals surface area contributed by atoms with Gasteiger partial charge in [0, 0.05) is 6.04 Å². The standard InChI is InChI=1S/C11H19N.2C2H6/c1-3-5-6-7-10-8-11(4-2)12-9-10;2*1-2/h3-4,10-12H,1-2,5-9H2;2*1-2H3. The van der Waals surface area contributed by atoms with Crippen LogP contribution in [0.4, 0.5) is 0 Å². The first kappa shape index (κ1) is 17.8. The minimum absolute atomic E-state index is 0.568. The molecule has 2 atom stereocenters. The van der Waals surface area contributed by atoms with E-state index < -0.39 is 0 Å². The molecule has 0 spiro atoms. The molecule has 0 aromatic rings. The second-order valence-corrected chi connectivity index (χ2v) is 3.57. The quantitative estimate of drug-likeness (QED) is 0.534. The summed E-state index contributed by atoms with van der Waals surface area (Å²) in [7, 11) is 0. The molecule has 16 heavy (non-hydrogen) atoms. The van der Waals surface area contributed by atoms with E-state index >= 15 is 0 Å². The molecule has 2 unspecified atom stereocenters. The van der Waals surface area contributed by atoms with Crippen LogP contribution in [0.15, 0.2) is 25.3 Å². The number of rotatable bonds is 5. The Hall–Kier alpha value is -0.560. The third kappa shape index (κ3) is 8.72. The van der Waals surface area contributed by atoms with E-state index in [2.05, 4.69) is 18.5 Å². The number of hydrogen-bond acceptors (Lipinski definition) is 1. The summed E-state index contributed by atoms with van der Waals surface area (Å²) in [4.78, 5) is 0. The zero-order valence-corrected chi connectivity index (χ0v) is 11.8. The fourth-order valence-corrected chi connectivity index (χ4v) is 1.79. The molecule has 0 amide bonds. The topological polar surface area (TPSA) is 12.0 Å². The summed E-state index contributed by atoms with van der Waals surface area (Å²) in [5.41, 5.74) is 0. The highest BCUT2D eigenvalue weighted by Crippen LogP contribution is 2.20. The van der Waals surface area contributed by atoms with Gasteiger partial charge in [0.1, 0.15) is 0 Å². The Kier molecular flexibility index (Phi) is 16.1. The second-order valence-electron chi connectivity index (χ2n) is 3.57. The van der Waals surface area contributed by atoms with Gasteiger partial charge in [0.25, 0.3) is 0 Å². The van der Waals surface area contributed by atoms with E-state index in [0.29, 0.717) is 6.04 Å². The third-order valence-electron chi connectivity index (χ3n) is 2.56. The summed E-state index contributed by atoms with van der Waals surface area (Å²) in [6.45, 7) is 16.7. The maximum absolute atomic E-state index is 3.79. The van der Waals surface area contributed by atoms with Crippen molar-refractivity contribution in [2.75, 3.05) is 6.54 Å². The lowest BCUT2D eigenvalue weighted by Crippen LogP contribution is -2.17. The van der Waals surface area contributed by atoms with E-state index in [1.807, 2.05) is 39.8 Å². The molecule has 0 radical (unpaired) electrons. The first-order valence-corrected chi connectivity index (χ1v) is 6.83. The summed E-state index contributed by atoms with van der Waals surface area (Å²) < 4.78 is 0. The maximum atomic E-state index is 3.79. The summed E-state index contributed by atoms with van der Waals surface area (Å²) in [5, 5.41) is 3.44. The zero-order valence-electron chi connectivity index (χ0n) is 11.8. The molecule has 1 N–H and O–H groups in total. The number of allylic oxidation sites excluding steroid dienone is 1. The molecule has 1 aliphatic rings. The fourth-order valence-electron chi connectivity index (χ4n) is 1.79. The van der Waals surface area contributed by atoms with Crippen molar-refractivity contribution in [2.45, 2.75) is 59.4 Å². The van der Waals surface area contributed by atoms with Crippen LogP contribution in [0.5, 0.6) is 0 Å². The van der Waals surface area contributed by atoms with E-state index in [9.17, 15) is 0 Å². The van der Waals surface area contributed by atoms with E-state index in [-0.39, 0.29) is 0 Å². The Labute approximate surface area is 103 Å². The van der Waals surface area contributed by atoms with Crippen molar-refractivity contribution in [1.29, 1.82) is 0 Å². The van der Waals surface area contributed by atoms with Crippen LogP contribution < -0.4 is 5.32 Å². The minimum atomic E-state index is 0.568. The molecule has 0 saturated carbocycles. The highest BCUT2D eigenvalue weighted by atomic mass is 14.9. The average molecular weight is 225 g/mol. The van der Waals surface area contributed by atoms with Crippen molar-refractivity contribution in [1.82, 2.24) is 5.32 Å². The van der Waals surface area contributed by atoms with Gasteiger partial charge in [-0.15, -0.1) is 13.2 Å². The second kappa shape index (κ2) is 14.4. The Balaban J connectivity index is 0. The monoisotopic (exact) mass is 225 g/mol.